The molecule has 1 N–H and O–H groups in total. The van der Waals surface area contributed by atoms with Gasteiger partial charge in [-0.2, -0.15) is 0 Å². The van der Waals surface area contributed by atoms with Gasteiger partial charge in [0.05, 0.1) is 16.6 Å². The van der Waals surface area contributed by atoms with Gasteiger partial charge in [0, 0.05) is 29.1 Å². The number of fused-ring (bicyclic) bond motifs is 1. The second-order valence-electron chi connectivity index (χ2n) is 6.33. The summed E-state index contributed by atoms with van der Waals surface area (Å²) in [6.45, 7) is 4.25. The number of nitrogens with one attached hydrogen (secondary N) is 1. The molecule has 1 amide bonds. The van der Waals surface area contributed by atoms with E-state index in [1.54, 1.807) is 4.57 Å². The second kappa shape index (κ2) is 9.67. The Morgan fingerprint density at radius 2 is 2.14 bits per heavy atom. The predicted octanol–water partition coefficient (Wildman–Crippen LogP) is 5.06. The van der Waals surface area contributed by atoms with Crippen molar-refractivity contribution in [1.29, 1.82) is 0 Å². The van der Waals surface area contributed by atoms with Gasteiger partial charge in [-0.25, -0.2) is 9.97 Å². The van der Waals surface area contributed by atoms with Crippen LogP contribution in [0.5, 0.6) is 0 Å². The first kappa shape index (κ1) is 21.0. The first-order chi connectivity index (χ1) is 13.5. The highest BCUT2D eigenvalue weighted by Crippen LogP contribution is 2.26. The Hall–Kier alpha value is -1.71. The summed E-state index contributed by atoms with van der Waals surface area (Å²) in [7, 11) is 0. The molecule has 9 heteroatoms. The van der Waals surface area contributed by atoms with Gasteiger partial charge in [0.1, 0.15) is 0 Å². The van der Waals surface area contributed by atoms with Crippen LogP contribution in [0.4, 0.5) is 5.13 Å². The summed E-state index contributed by atoms with van der Waals surface area (Å²) in [4.78, 5) is 33.4. The summed E-state index contributed by atoms with van der Waals surface area (Å²) in [5.74, 6) is 0.443. The zero-order valence-corrected chi connectivity index (χ0v) is 18.9. The molecule has 0 atom stereocenters. The van der Waals surface area contributed by atoms with Gasteiger partial charge in [0.15, 0.2) is 10.3 Å². The molecule has 3 aromatic rings. The number of thioether (sulfide) groups is 1. The van der Waals surface area contributed by atoms with Crippen LogP contribution in [0.25, 0.3) is 10.9 Å². The summed E-state index contributed by atoms with van der Waals surface area (Å²) in [6.07, 6.45) is 3.10. The minimum Gasteiger partial charge on any atom is -0.302 e. The van der Waals surface area contributed by atoms with Gasteiger partial charge in [-0.15, -0.1) is 11.3 Å². The topological polar surface area (TPSA) is 76.9 Å². The molecule has 148 valence electrons. The zero-order chi connectivity index (χ0) is 20.1. The molecule has 0 fully saturated rings. The number of anilines is 1. The van der Waals surface area contributed by atoms with Crippen LogP contribution in [0.3, 0.4) is 0 Å². The maximum absolute atomic E-state index is 13.1. The van der Waals surface area contributed by atoms with Crippen molar-refractivity contribution in [3.8, 4) is 0 Å². The molecule has 0 bridgehead atoms. The minimum absolute atomic E-state index is 0.0119. The van der Waals surface area contributed by atoms with Crippen molar-refractivity contribution in [2.75, 3.05) is 5.32 Å². The van der Waals surface area contributed by atoms with E-state index in [0.717, 1.165) is 29.4 Å². The van der Waals surface area contributed by atoms with Crippen molar-refractivity contribution in [2.45, 2.75) is 50.6 Å². The molecule has 0 spiro atoms. The van der Waals surface area contributed by atoms with E-state index < -0.39 is 0 Å². The van der Waals surface area contributed by atoms with Crippen LogP contribution in [0, 0.1) is 0 Å². The number of amides is 1. The maximum atomic E-state index is 13.1. The van der Waals surface area contributed by atoms with E-state index in [9.17, 15) is 9.59 Å². The van der Waals surface area contributed by atoms with Gasteiger partial charge < -0.3 is 5.32 Å². The van der Waals surface area contributed by atoms with Crippen molar-refractivity contribution in [1.82, 2.24) is 14.5 Å². The van der Waals surface area contributed by atoms with E-state index in [1.165, 1.54) is 30.0 Å². The summed E-state index contributed by atoms with van der Waals surface area (Å²) >= 11 is 6.32. The molecular formula is C19H21BrN4O2S2. The number of halogens is 1. The van der Waals surface area contributed by atoms with Crippen LogP contribution in [0.15, 0.2) is 38.0 Å². The first-order valence-corrected chi connectivity index (χ1v) is 11.7. The quantitative estimate of drug-likeness (QED) is 0.277. The monoisotopic (exact) mass is 480 g/mol. The molecule has 6 nitrogen and oxygen atoms in total. The molecule has 0 radical (unpaired) electrons. The fraction of sp³-hybridized carbons (Fsp3) is 0.368. The van der Waals surface area contributed by atoms with E-state index in [4.69, 9.17) is 4.98 Å². The average molecular weight is 481 g/mol. The standard InChI is InChI=1S/C19H21BrN4O2S2/c1-3-4-5-8-24-17(26)15-9-13(20)6-7-16(15)23-19(24)28-11-14-10-27-18(22-14)21-12(2)25/h6-7,9-10H,3-5,8,11H2,1-2H3,(H,21,22,25). The Morgan fingerprint density at radius 1 is 1.32 bits per heavy atom. The minimum atomic E-state index is -0.138. The predicted molar refractivity (Wildman–Crippen MR) is 119 cm³/mol. The number of aromatic nitrogens is 3. The normalized spacial score (nSPS) is 11.1. The van der Waals surface area contributed by atoms with Crippen LogP contribution in [-0.4, -0.2) is 20.4 Å². The molecule has 28 heavy (non-hydrogen) atoms. The van der Waals surface area contributed by atoms with E-state index in [-0.39, 0.29) is 11.5 Å². The lowest BCUT2D eigenvalue weighted by Gasteiger charge is -2.13. The Morgan fingerprint density at radius 3 is 2.89 bits per heavy atom. The molecule has 2 heterocycles. The number of nitrogens with zero attached hydrogens (tertiary/aromatic N) is 3. The fourth-order valence-corrected chi connectivity index (χ4v) is 4.86. The van der Waals surface area contributed by atoms with Gasteiger partial charge in [-0.05, 0) is 24.6 Å². The highest BCUT2D eigenvalue weighted by Gasteiger charge is 2.13. The summed E-state index contributed by atoms with van der Waals surface area (Å²) in [5, 5.41) is 6.51. The maximum Gasteiger partial charge on any atom is 0.262 e. The number of rotatable bonds is 8. The van der Waals surface area contributed by atoms with E-state index in [0.29, 0.717) is 33.5 Å². The number of hydrogen-bond acceptors (Lipinski definition) is 6. The van der Waals surface area contributed by atoms with Crippen LogP contribution in [-0.2, 0) is 17.1 Å². The number of benzene rings is 1. The Balaban J connectivity index is 1.88. The molecule has 0 aliphatic carbocycles. The lowest BCUT2D eigenvalue weighted by Crippen LogP contribution is -2.23. The van der Waals surface area contributed by atoms with E-state index >= 15 is 0 Å². The number of thiazole rings is 1. The Kier molecular flexibility index (Phi) is 7.25. The van der Waals surface area contributed by atoms with E-state index in [1.807, 2.05) is 23.6 Å². The molecule has 0 unspecified atom stereocenters. The van der Waals surface area contributed by atoms with Crippen LogP contribution < -0.4 is 10.9 Å². The second-order valence-corrected chi connectivity index (χ2v) is 9.05. The van der Waals surface area contributed by atoms with Gasteiger partial charge >= 0.3 is 0 Å². The largest absolute Gasteiger partial charge is 0.302 e. The molecule has 3 rings (SSSR count). The van der Waals surface area contributed by atoms with Crippen molar-refractivity contribution in [3.63, 3.8) is 0 Å². The van der Waals surface area contributed by atoms with Crippen molar-refractivity contribution in [2.24, 2.45) is 0 Å². The smallest absolute Gasteiger partial charge is 0.262 e. The molecule has 0 saturated carbocycles. The van der Waals surface area contributed by atoms with E-state index in [2.05, 4.69) is 33.2 Å². The van der Waals surface area contributed by atoms with Gasteiger partial charge in [0.2, 0.25) is 5.91 Å². The van der Waals surface area contributed by atoms with Crippen LogP contribution in [0.2, 0.25) is 0 Å². The third-order valence-electron chi connectivity index (χ3n) is 4.05. The fourth-order valence-electron chi connectivity index (χ4n) is 2.72. The highest BCUT2D eigenvalue weighted by atomic mass is 79.9. The molecule has 0 aliphatic rings. The molecule has 2 aromatic heterocycles. The summed E-state index contributed by atoms with van der Waals surface area (Å²) in [6, 6.07) is 5.58. The molecule has 1 aromatic carbocycles. The molecule has 0 aliphatic heterocycles. The first-order valence-electron chi connectivity index (χ1n) is 9.03. The molecule has 0 saturated heterocycles. The van der Waals surface area contributed by atoms with Crippen molar-refractivity contribution < 1.29 is 4.79 Å². The number of carbonyl (C=O) groups is 1. The molecular weight excluding hydrogens is 460 g/mol. The lowest BCUT2D eigenvalue weighted by molar-refractivity contribution is -0.114. The van der Waals surface area contributed by atoms with Gasteiger partial charge in [-0.3, -0.25) is 14.2 Å². The number of carbonyl (C=O) groups excluding carboxylic acids is 1. The summed E-state index contributed by atoms with van der Waals surface area (Å²) < 4.78 is 2.64. The van der Waals surface area contributed by atoms with Crippen LogP contribution in [0.1, 0.15) is 38.8 Å². The number of hydrogen-bond donors (Lipinski definition) is 1. The van der Waals surface area contributed by atoms with Crippen molar-refractivity contribution >= 4 is 61.0 Å². The Bertz CT molecular complexity index is 1050. The summed E-state index contributed by atoms with van der Waals surface area (Å²) in [5.41, 5.74) is 1.53. The number of unbranched alkanes of at least 4 members (excludes halogenated alkanes) is 2. The highest BCUT2D eigenvalue weighted by molar-refractivity contribution is 9.10. The Labute approximate surface area is 179 Å². The van der Waals surface area contributed by atoms with Gasteiger partial charge in [-0.1, -0.05) is 47.5 Å². The van der Waals surface area contributed by atoms with Gasteiger partial charge in [0.25, 0.3) is 5.56 Å². The third kappa shape index (κ3) is 5.21. The zero-order valence-electron chi connectivity index (χ0n) is 15.7. The van der Waals surface area contributed by atoms with Crippen LogP contribution >= 0.6 is 39.0 Å². The average Bonchev–Trinajstić information content (AvgIpc) is 3.09. The SMILES string of the molecule is CCCCCn1c(SCc2csc(NC(C)=O)n2)nc2ccc(Br)cc2c1=O. The van der Waals surface area contributed by atoms with Crippen molar-refractivity contribution in [3.05, 3.63) is 44.1 Å². The third-order valence-corrected chi connectivity index (χ3v) is 6.36. The lowest BCUT2D eigenvalue weighted by atomic mass is 10.2.